The first-order valence-electron chi connectivity index (χ1n) is 4.27. The standard InChI is InChI=1S/C10H15N3/c1-8-6-9(4-3-5-12-2)13-7-10(8)11/h3-4,6-7,12H,5,11H2,1-2H3. The van der Waals surface area contributed by atoms with E-state index in [1.165, 1.54) is 0 Å². The molecule has 0 spiro atoms. The molecule has 1 rings (SSSR count). The summed E-state index contributed by atoms with van der Waals surface area (Å²) in [5, 5.41) is 3.02. The van der Waals surface area contributed by atoms with Crippen LogP contribution in [-0.4, -0.2) is 18.6 Å². The normalized spacial score (nSPS) is 10.9. The van der Waals surface area contributed by atoms with Gasteiger partial charge in [-0.2, -0.15) is 0 Å². The van der Waals surface area contributed by atoms with Crippen LogP contribution in [0, 0.1) is 6.92 Å². The first-order valence-corrected chi connectivity index (χ1v) is 4.27. The fourth-order valence-corrected chi connectivity index (χ4v) is 0.977. The number of nitrogens with zero attached hydrogens (tertiary/aromatic N) is 1. The van der Waals surface area contributed by atoms with Crippen molar-refractivity contribution in [2.75, 3.05) is 19.3 Å². The molecule has 1 aromatic heterocycles. The van der Waals surface area contributed by atoms with Gasteiger partial charge in [0.1, 0.15) is 0 Å². The molecule has 70 valence electrons. The van der Waals surface area contributed by atoms with E-state index in [1.54, 1.807) is 6.20 Å². The van der Waals surface area contributed by atoms with Gasteiger partial charge >= 0.3 is 0 Å². The smallest absolute Gasteiger partial charge is 0.0631 e. The van der Waals surface area contributed by atoms with Crippen LogP contribution in [0.5, 0.6) is 0 Å². The molecule has 0 atom stereocenters. The number of nitrogens with two attached hydrogens (primary N) is 1. The number of likely N-dealkylation sites (N-methyl/N-ethyl adjacent to an activating group) is 1. The van der Waals surface area contributed by atoms with Crippen LogP contribution in [0.4, 0.5) is 5.69 Å². The summed E-state index contributed by atoms with van der Waals surface area (Å²) in [6.45, 7) is 2.83. The summed E-state index contributed by atoms with van der Waals surface area (Å²) in [6.07, 6.45) is 5.69. The number of rotatable bonds is 3. The summed E-state index contributed by atoms with van der Waals surface area (Å²) in [6, 6.07) is 1.97. The van der Waals surface area contributed by atoms with Crippen molar-refractivity contribution in [3.63, 3.8) is 0 Å². The Bertz CT molecular complexity index is 305. The van der Waals surface area contributed by atoms with E-state index in [1.807, 2.05) is 32.2 Å². The van der Waals surface area contributed by atoms with Crippen molar-refractivity contribution in [1.29, 1.82) is 0 Å². The average Bonchev–Trinajstić information content (AvgIpc) is 2.12. The number of anilines is 1. The lowest BCUT2D eigenvalue weighted by molar-refractivity contribution is 0.922. The largest absolute Gasteiger partial charge is 0.397 e. The molecule has 3 N–H and O–H groups in total. The van der Waals surface area contributed by atoms with Gasteiger partial charge in [-0.05, 0) is 31.7 Å². The zero-order valence-corrected chi connectivity index (χ0v) is 8.04. The van der Waals surface area contributed by atoms with Gasteiger partial charge in [-0.1, -0.05) is 6.08 Å². The maximum Gasteiger partial charge on any atom is 0.0631 e. The van der Waals surface area contributed by atoms with Crippen LogP contribution in [0.15, 0.2) is 18.3 Å². The number of hydrogen-bond acceptors (Lipinski definition) is 3. The van der Waals surface area contributed by atoms with Crippen molar-refractivity contribution < 1.29 is 0 Å². The Morgan fingerprint density at radius 3 is 3.00 bits per heavy atom. The topological polar surface area (TPSA) is 50.9 Å². The summed E-state index contributed by atoms with van der Waals surface area (Å²) < 4.78 is 0. The summed E-state index contributed by atoms with van der Waals surface area (Å²) in [5.41, 5.74) is 8.40. The summed E-state index contributed by atoms with van der Waals surface area (Å²) >= 11 is 0. The van der Waals surface area contributed by atoms with Crippen molar-refractivity contribution in [1.82, 2.24) is 10.3 Å². The number of nitrogen functional groups attached to an aromatic ring is 1. The highest BCUT2D eigenvalue weighted by molar-refractivity contribution is 5.52. The SMILES string of the molecule is CNCC=Cc1cc(C)c(N)cn1. The third-order valence-corrected chi connectivity index (χ3v) is 1.78. The second-order valence-corrected chi connectivity index (χ2v) is 2.93. The maximum absolute atomic E-state index is 5.64. The van der Waals surface area contributed by atoms with E-state index in [0.29, 0.717) is 0 Å². The van der Waals surface area contributed by atoms with E-state index in [4.69, 9.17) is 5.73 Å². The van der Waals surface area contributed by atoms with Crippen LogP contribution in [0.2, 0.25) is 0 Å². The Labute approximate surface area is 78.7 Å². The molecule has 0 aliphatic heterocycles. The van der Waals surface area contributed by atoms with Crippen molar-refractivity contribution in [2.45, 2.75) is 6.92 Å². The van der Waals surface area contributed by atoms with Crippen LogP contribution < -0.4 is 11.1 Å². The third kappa shape index (κ3) is 2.87. The first-order chi connectivity index (χ1) is 6.24. The monoisotopic (exact) mass is 177 g/mol. The molecule has 0 aromatic carbocycles. The highest BCUT2D eigenvalue weighted by Gasteiger charge is 1.93. The predicted molar refractivity (Wildman–Crippen MR) is 56.3 cm³/mol. The zero-order valence-electron chi connectivity index (χ0n) is 8.04. The van der Waals surface area contributed by atoms with E-state index in [2.05, 4.69) is 10.3 Å². The zero-order chi connectivity index (χ0) is 9.68. The lowest BCUT2D eigenvalue weighted by Gasteiger charge is -1.99. The number of hydrogen-bond donors (Lipinski definition) is 2. The van der Waals surface area contributed by atoms with E-state index in [9.17, 15) is 0 Å². The van der Waals surface area contributed by atoms with Gasteiger partial charge in [0.15, 0.2) is 0 Å². The molecular formula is C10H15N3. The molecule has 0 saturated heterocycles. The van der Waals surface area contributed by atoms with Crippen LogP contribution in [-0.2, 0) is 0 Å². The second kappa shape index (κ2) is 4.62. The Hall–Kier alpha value is -1.35. The third-order valence-electron chi connectivity index (χ3n) is 1.78. The van der Waals surface area contributed by atoms with E-state index >= 15 is 0 Å². The fourth-order valence-electron chi connectivity index (χ4n) is 0.977. The highest BCUT2D eigenvalue weighted by atomic mass is 14.8. The molecule has 3 heteroatoms. The van der Waals surface area contributed by atoms with Crippen molar-refractivity contribution >= 4 is 11.8 Å². The predicted octanol–water partition coefficient (Wildman–Crippen LogP) is 1.20. The molecule has 0 aliphatic rings. The molecule has 0 amide bonds. The number of nitrogens with one attached hydrogen (secondary N) is 1. The summed E-state index contributed by atoms with van der Waals surface area (Å²) in [4.78, 5) is 4.17. The molecule has 0 unspecified atom stereocenters. The van der Waals surface area contributed by atoms with Crippen molar-refractivity contribution in [3.8, 4) is 0 Å². The molecule has 0 fully saturated rings. The van der Waals surface area contributed by atoms with E-state index in [-0.39, 0.29) is 0 Å². The Kier molecular flexibility index (Phi) is 3.46. The molecule has 0 saturated carbocycles. The van der Waals surface area contributed by atoms with Gasteiger partial charge in [0.2, 0.25) is 0 Å². The maximum atomic E-state index is 5.64. The van der Waals surface area contributed by atoms with Gasteiger partial charge in [0, 0.05) is 6.54 Å². The van der Waals surface area contributed by atoms with Crippen LogP contribution >= 0.6 is 0 Å². The van der Waals surface area contributed by atoms with Crippen molar-refractivity contribution in [3.05, 3.63) is 29.6 Å². The van der Waals surface area contributed by atoms with Gasteiger partial charge in [-0.25, -0.2) is 0 Å². The Balaban J connectivity index is 2.73. The molecular weight excluding hydrogens is 162 g/mol. The van der Waals surface area contributed by atoms with E-state index in [0.717, 1.165) is 23.5 Å². The first kappa shape index (κ1) is 9.74. The quantitative estimate of drug-likeness (QED) is 0.729. The van der Waals surface area contributed by atoms with Crippen LogP contribution in [0.1, 0.15) is 11.3 Å². The minimum absolute atomic E-state index is 0.741. The lowest BCUT2D eigenvalue weighted by Crippen LogP contribution is -2.03. The highest BCUT2D eigenvalue weighted by Crippen LogP contribution is 2.10. The summed E-state index contributed by atoms with van der Waals surface area (Å²) in [5.74, 6) is 0. The molecule has 3 nitrogen and oxygen atoms in total. The van der Waals surface area contributed by atoms with Gasteiger partial charge in [-0.3, -0.25) is 4.98 Å². The second-order valence-electron chi connectivity index (χ2n) is 2.93. The Morgan fingerprint density at radius 1 is 1.62 bits per heavy atom. The van der Waals surface area contributed by atoms with E-state index < -0.39 is 0 Å². The van der Waals surface area contributed by atoms with Crippen molar-refractivity contribution in [2.24, 2.45) is 0 Å². The lowest BCUT2D eigenvalue weighted by atomic mass is 10.2. The number of aryl methyl sites for hydroxylation is 1. The Morgan fingerprint density at radius 2 is 2.38 bits per heavy atom. The molecule has 0 radical (unpaired) electrons. The van der Waals surface area contributed by atoms with Gasteiger partial charge in [0.25, 0.3) is 0 Å². The minimum atomic E-state index is 0.741. The van der Waals surface area contributed by atoms with Crippen LogP contribution in [0.25, 0.3) is 6.08 Å². The van der Waals surface area contributed by atoms with Gasteiger partial charge < -0.3 is 11.1 Å². The average molecular weight is 177 g/mol. The van der Waals surface area contributed by atoms with Gasteiger partial charge in [0.05, 0.1) is 17.6 Å². The van der Waals surface area contributed by atoms with Gasteiger partial charge in [-0.15, -0.1) is 0 Å². The molecule has 13 heavy (non-hydrogen) atoms. The molecule has 1 aromatic rings. The molecule has 0 aliphatic carbocycles. The molecule has 0 bridgehead atoms. The number of aromatic nitrogens is 1. The number of pyridine rings is 1. The summed E-state index contributed by atoms with van der Waals surface area (Å²) in [7, 11) is 1.91. The van der Waals surface area contributed by atoms with Crippen LogP contribution in [0.3, 0.4) is 0 Å². The fraction of sp³-hybridized carbons (Fsp3) is 0.300. The molecule has 1 heterocycles. The minimum Gasteiger partial charge on any atom is -0.397 e.